The first-order chi connectivity index (χ1) is 17.0. The fourth-order valence-corrected chi connectivity index (χ4v) is 5.05. The lowest BCUT2D eigenvalue weighted by atomic mass is 9.80. The maximum absolute atomic E-state index is 13.3. The summed E-state index contributed by atoms with van der Waals surface area (Å²) in [5, 5.41) is 3.30. The third kappa shape index (κ3) is 6.52. The number of benzene rings is 3. The highest BCUT2D eigenvalue weighted by molar-refractivity contribution is 6.01. The van der Waals surface area contributed by atoms with E-state index in [9.17, 15) is 4.79 Å². The Morgan fingerprint density at radius 1 is 0.971 bits per heavy atom. The van der Waals surface area contributed by atoms with Crippen LogP contribution in [0.5, 0.6) is 5.75 Å². The number of hydrogen-bond donors (Lipinski definition) is 1. The Morgan fingerprint density at radius 3 is 2.29 bits per heavy atom. The highest BCUT2D eigenvalue weighted by Crippen LogP contribution is 2.29. The molecule has 1 N–H and O–H groups in total. The predicted octanol–water partition coefficient (Wildman–Crippen LogP) is 6.31. The second-order valence-corrected chi connectivity index (χ2v) is 10.2. The molecule has 1 aliphatic heterocycles. The van der Waals surface area contributed by atoms with E-state index in [1.54, 1.807) is 7.11 Å². The monoisotopic (exact) mass is 470 g/mol. The minimum atomic E-state index is -0.0224. The summed E-state index contributed by atoms with van der Waals surface area (Å²) in [6, 6.07) is 26.8. The van der Waals surface area contributed by atoms with Gasteiger partial charge in [-0.25, -0.2) is 0 Å². The highest BCUT2D eigenvalue weighted by atomic mass is 16.5. The molecule has 1 aliphatic rings. The lowest BCUT2D eigenvalue weighted by Gasteiger charge is -2.33. The fraction of sp³-hybridized carbons (Fsp3) is 0.387. The number of rotatable bonds is 9. The molecule has 0 unspecified atom stereocenters. The van der Waals surface area contributed by atoms with Crippen LogP contribution in [0.25, 0.3) is 11.1 Å². The number of ether oxygens (including phenoxy) is 1. The van der Waals surface area contributed by atoms with Gasteiger partial charge in [-0.2, -0.15) is 0 Å². The van der Waals surface area contributed by atoms with Gasteiger partial charge in [0, 0.05) is 19.1 Å². The molecule has 0 radical (unpaired) electrons. The average Bonchev–Trinajstić information content (AvgIpc) is 2.90. The number of likely N-dealkylation sites (tertiary alicyclic amines) is 1. The van der Waals surface area contributed by atoms with Gasteiger partial charge in [-0.05, 0) is 72.5 Å². The number of hydrogen-bond acceptors (Lipinski definition) is 3. The second kappa shape index (κ2) is 11.5. The molecule has 1 amide bonds. The smallest absolute Gasteiger partial charge is 0.252 e. The fourth-order valence-electron chi connectivity index (χ4n) is 5.05. The Balaban J connectivity index is 1.30. The number of methoxy groups -OCH3 is 1. The Hall–Kier alpha value is -3.11. The molecule has 1 fully saturated rings. The quantitative estimate of drug-likeness (QED) is 0.398. The third-order valence-electron chi connectivity index (χ3n) is 7.31. The van der Waals surface area contributed by atoms with Gasteiger partial charge in [0.05, 0.1) is 12.7 Å². The molecule has 35 heavy (non-hydrogen) atoms. The van der Waals surface area contributed by atoms with Crippen molar-refractivity contribution in [1.82, 2.24) is 10.2 Å². The zero-order valence-corrected chi connectivity index (χ0v) is 21.3. The van der Waals surface area contributed by atoms with Crippen LogP contribution in [0.3, 0.4) is 0 Å². The zero-order chi connectivity index (χ0) is 24.7. The van der Waals surface area contributed by atoms with Crippen LogP contribution in [0.4, 0.5) is 0 Å². The SMILES string of the molecule is COc1ccc(-c2ccccc2)c(C(=O)NC2CCN(CCCC(C)(C)c3ccccc3)CC2)c1. The maximum atomic E-state index is 13.3. The molecule has 0 bridgehead atoms. The maximum Gasteiger partial charge on any atom is 0.252 e. The highest BCUT2D eigenvalue weighted by Gasteiger charge is 2.24. The summed E-state index contributed by atoms with van der Waals surface area (Å²) in [5.74, 6) is 0.675. The van der Waals surface area contributed by atoms with Crippen molar-refractivity contribution >= 4 is 5.91 Å². The van der Waals surface area contributed by atoms with Gasteiger partial charge in [0.25, 0.3) is 5.91 Å². The van der Waals surface area contributed by atoms with Gasteiger partial charge < -0.3 is 15.0 Å². The lowest BCUT2D eigenvalue weighted by molar-refractivity contribution is 0.0910. The van der Waals surface area contributed by atoms with Crippen molar-refractivity contribution in [2.75, 3.05) is 26.7 Å². The van der Waals surface area contributed by atoms with Gasteiger partial charge in [0.15, 0.2) is 0 Å². The number of piperidine rings is 1. The molecule has 0 aromatic heterocycles. The van der Waals surface area contributed by atoms with E-state index in [0.29, 0.717) is 11.3 Å². The van der Waals surface area contributed by atoms with E-state index < -0.39 is 0 Å². The van der Waals surface area contributed by atoms with E-state index in [1.807, 2.05) is 48.5 Å². The standard InChI is InChI=1S/C31H38N2O2/c1-31(2,25-13-8-5-9-14-25)19-10-20-33-21-17-26(18-22-33)32-30(34)29-23-27(35-3)15-16-28(29)24-11-6-4-7-12-24/h4-9,11-16,23,26H,10,17-22H2,1-3H3,(H,32,34). The van der Waals surface area contributed by atoms with E-state index in [1.165, 1.54) is 18.4 Å². The van der Waals surface area contributed by atoms with Gasteiger partial charge in [0.1, 0.15) is 5.75 Å². The van der Waals surface area contributed by atoms with Crippen LogP contribution >= 0.6 is 0 Å². The van der Waals surface area contributed by atoms with E-state index in [0.717, 1.165) is 43.6 Å². The predicted molar refractivity (Wildman–Crippen MR) is 144 cm³/mol. The molecule has 0 aliphatic carbocycles. The molecule has 4 nitrogen and oxygen atoms in total. The number of nitrogens with zero attached hydrogens (tertiary/aromatic N) is 1. The van der Waals surface area contributed by atoms with Crippen LogP contribution < -0.4 is 10.1 Å². The van der Waals surface area contributed by atoms with Crippen molar-refractivity contribution in [3.8, 4) is 16.9 Å². The Morgan fingerprint density at radius 2 is 1.63 bits per heavy atom. The Kier molecular flexibility index (Phi) is 8.25. The van der Waals surface area contributed by atoms with Crippen LogP contribution in [0.2, 0.25) is 0 Å². The van der Waals surface area contributed by atoms with Gasteiger partial charge in [-0.1, -0.05) is 74.5 Å². The molecule has 0 saturated carbocycles. The van der Waals surface area contributed by atoms with Crippen LogP contribution in [0.15, 0.2) is 78.9 Å². The summed E-state index contributed by atoms with van der Waals surface area (Å²) in [6.07, 6.45) is 4.33. The molecule has 1 saturated heterocycles. The number of amides is 1. The molecule has 184 valence electrons. The third-order valence-corrected chi connectivity index (χ3v) is 7.31. The normalized spacial score (nSPS) is 15.1. The van der Waals surface area contributed by atoms with E-state index >= 15 is 0 Å². The first-order valence-electron chi connectivity index (χ1n) is 12.8. The Bertz CT molecular complexity index is 1090. The minimum absolute atomic E-state index is 0.0224. The number of carbonyl (C=O) groups excluding carboxylic acids is 1. The summed E-state index contributed by atoms with van der Waals surface area (Å²) >= 11 is 0. The summed E-state index contributed by atoms with van der Waals surface area (Å²) in [6.45, 7) is 7.85. The number of nitrogens with one attached hydrogen (secondary N) is 1. The van der Waals surface area contributed by atoms with Gasteiger partial charge in [0.2, 0.25) is 0 Å². The van der Waals surface area contributed by atoms with Crippen LogP contribution in [-0.2, 0) is 5.41 Å². The second-order valence-electron chi connectivity index (χ2n) is 10.2. The van der Waals surface area contributed by atoms with Crippen LogP contribution in [0.1, 0.15) is 55.5 Å². The van der Waals surface area contributed by atoms with Crippen molar-refractivity contribution in [1.29, 1.82) is 0 Å². The molecular formula is C31H38N2O2. The molecule has 3 aromatic carbocycles. The van der Waals surface area contributed by atoms with Crippen molar-refractivity contribution in [3.63, 3.8) is 0 Å². The van der Waals surface area contributed by atoms with Crippen molar-refractivity contribution in [3.05, 3.63) is 90.0 Å². The molecule has 0 spiro atoms. The van der Waals surface area contributed by atoms with E-state index in [4.69, 9.17) is 4.74 Å². The molecule has 4 heteroatoms. The Labute approximate surface area is 210 Å². The van der Waals surface area contributed by atoms with Gasteiger partial charge in [-0.3, -0.25) is 4.79 Å². The molecular weight excluding hydrogens is 432 g/mol. The summed E-state index contributed by atoms with van der Waals surface area (Å²) in [5.41, 5.74) is 4.24. The van der Waals surface area contributed by atoms with Gasteiger partial charge in [-0.15, -0.1) is 0 Å². The first kappa shape index (κ1) is 25.0. The van der Waals surface area contributed by atoms with Crippen molar-refractivity contribution in [2.24, 2.45) is 0 Å². The first-order valence-corrected chi connectivity index (χ1v) is 12.8. The zero-order valence-electron chi connectivity index (χ0n) is 21.3. The lowest BCUT2D eigenvalue weighted by Crippen LogP contribution is -2.45. The van der Waals surface area contributed by atoms with Gasteiger partial charge >= 0.3 is 0 Å². The minimum Gasteiger partial charge on any atom is -0.497 e. The summed E-state index contributed by atoms with van der Waals surface area (Å²) in [7, 11) is 1.63. The largest absolute Gasteiger partial charge is 0.497 e. The van der Waals surface area contributed by atoms with Crippen LogP contribution in [-0.4, -0.2) is 43.6 Å². The van der Waals surface area contributed by atoms with Crippen LogP contribution in [0, 0.1) is 0 Å². The molecule has 0 atom stereocenters. The summed E-state index contributed by atoms with van der Waals surface area (Å²) < 4.78 is 5.40. The van der Waals surface area contributed by atoms with E-state index in [2.05, 4.69) is 54.4 Å². The summed E-state index contributed by atoms with van der Waals surface area (Å²) in [4.78, 5) is 15.8. The van der Waals surface area contributed by atoms with Crippen molar-refractivity contribution in [2.45, 2.75) is 51.0 Å². The number of carbonyl (C=O) groups is 1. The van der Waals surface area contributed by atoms with Crippen molar-refractivity contribution < 1.29 is 9.53 Å². The molecule has 3 aromatic rings. The average molecular weight is 471 g/mol. The molecule has 4 rings (SSSR count). The van der Waals surface area contributed by atoms with E-state index in [-0.39, 0.29) is 17.4 Å². The topological polar surface area (TPSA) is 41.6 Å². The molecule has 1 heterocycles.